The molecule has 0 atom stereocenters. The number of benzene rings is 3. The number of amides is 1. The van der Waals surface area contributed by atoms with Crippen molar-refractivity contribution in [3.05, 3.63) is 66.7 Å². The lowest BCUT2D eigenvalue weighted by Crippen LogP contribution is -2.29. The maximum atomic E-state index is 11.8. The largest absolute Gasteiger partial charge is 0.371 e. The Labute approximate surface area is 204 Å². The molecular weight excluding hydrogens is 434 g/mol. The third kappa shape index (κ3) is 4.05. The van der Waals surface area contributed by atoms with E-state index in [0.717, 1.165) is 57.7 Å². The number of hydrogen-bond donors (Lipinski definition) is 3. The van der Waals surface area contributed by atoms with Gasteiger partial charge in [-0.3, -0.25) is 9.89 Å². The van der Waals surface area contributed by atoms with Crippen molar-refractivity contribution < 1.29 is 4.79 Å². The van der Waals surface area contributed by atoms with Crippen LogP contribution in [0.5, 0.6) is 0 Å². The monoisotopic (exact) mass is 463 g/mol. The van der Waals surface area contributed by atoms with E-state index >= 15 is 0 Å². The van der Waals surface area contributed by atoms with Crippen LogP contribution in [0.2, 0.25) is 0 Å². The van der Waals surface area contributed by atoms with Crippen LogP contribution in [0.4, 0.5) is 11.4 Å². The van der Waals surface area contributed by atoms with Crippen LogP contribution in [0.25, 0.3) is 44.3 Å². The number of hydrogen-bond acceptors (Lipinski definition) is 3. The van der Waals surface area contributed by atoms with Gasteiger partial charge in [-0.1, -0.05) is 31.2 Å². The molecule has 6 rings (SSSR count). The minimum absolute atomic E-state index is 0.0115. The molecule has 3 aromatic carbocycles. The lowest BCUT2D eigenvalue weighted by molar-refractivity contribution is -0.115. The average Bonchev–Trinajstić information content (AvgIpc) is 3.53. The summed E-state index contributed by atoms with van der Waals surface area (Å²) in [4.78, 5) is 18.0. The van der Waals surface area contributed by atoms with Gasteiger partial charge >= 0.3 is 0 Å². The molecule has 0 unspecified atom stereocenters. The molecule has 0 spiro atoms. The molecule has 1 fully saturated rings. The molecule has 3 heterocycles. The van der Waals surface area contributed by atoms with Gasteiger partial charge in [0.05, 0.1) is 11.2 Å². The molecule has 35 heavy (non-hydrogen) atoms. The Morgan fingerprint density at radius 3 is 2.60 bits per heavy atom. The molecule has 1 aliphatic heterocycles. The molecule has 3 N–H and O–H groups in total. The van der Waals surface area contributed by atoms with Crippen molar-refractivity contribution >= 4 is 39.1 Å². The van der Waals surface area contributed by atoms with Crippen molar-refractivity contribution in [3.8, 4) is 22.5 Å². The van der Waals surface area contributed by atoms with Crippen molar-refractivity contribution in [1.29, 1.82) is 0 Å². The SMILES string of the molecule is CCC(=O)Nc1cccc(-c2ccc3[nH]nc(-c4cc5c(N6CCCCC6)cccc5[nH]4)c3c2)c1. The highest BCUT2D eigenvalue weighted by atomic mass is 16.1. The molecule has 5 aromatic rings. The van der Waals surface area contributed by atoms with Gasteiger partial charge in [-0.2, -0.15) is 5.10 Å². The van der Waals surface area contributed by atoms with Gasteiger partial charge in [0.2, 0.25) is 5.91 Å². The first-order valence-electron chi connectivity index (χ1n) is 12.4. The summed E-state index contributed by atoms with van der Waals surface area (Å²) in [5.41, 5.74) is 8.30. The van der Waals surface area contributed by atoms with Gasteiger partial charge in [0.15, 0.2) is 0 Å². The fraction of sp³-hybridized carbons (Fsp3) is 0.241. The number of nitrogens with zero attached hydrogens (tertiary/aromatic N) is 2. The Morgan fingerprint density at radius 1 is 0.914 bits per heavy atom. The Balaban J connectivity index is 1.39. The molecule has 2 aromatic heterocycles. The van der Waals surface area contributed by atoms with Crippen LogP contribution < -0.4 is 10.2 Å². The molecule has 176 valence electrons. The molecule has 1 aliphatic rings. The third-order valence-electron chi connectivity index (χ3n) is 6.96. The number of carbonyl (C=O) groups is 1. The van der Waals surface area contributed by atoms with Gasteiger partial charge in [0.1, 0.15) is 5.69 Å². The van der Waals surface area contributed by atoms with Gasteiger partial charge in [0.25, 0.3) is 0 Å². The van der Waals surface area contributed by atoms with Crippen molar-refractivity contribution in [3.63, 3.8) is 0 Å². The van der Waals surface area contributed by atoms with Crippen LogP contribution in [0.3, 0.4) is 0 Å². The van der Waals surface area contributed by atoms with E-state index in [1.807, 2.05) is 25.1 Å². The highest BCUT2D eigenvalue weighted by Gasteiger charge is 2.17. The second kappa shape index (κ2) is 8.95. The molecular formula is C29H29N5O. The third-order valence-corrected chi connectivity index (χ3v) is 6.96. The van der Waals surface area contributed by atoms with E-state index in [-0.39, 0.29) is 5.91 Å². The number of piperidine rings is 1. The molecule has 1 saturated heterocycles. The number of aromatic amines is 2. The first kappa shape index (κ1) is 21.5. The lowest BCUT2D eigenvalue weighted by atomic mass is 10.0. The molecule has 6 nitrogen and oxygen atoms in total. The van der Waals surface area contributed by atoms with E-state index in [1.165, 1.54) is 30.3 Å². The highest BCUT2D eigenvalue weighted by molar-refractivity contribution is 6.01. The van der Waals surface area contributed by atoms with Crippen LogP contribution in [0.1, 0.15) is 32.6 Å². The van der Waals surface area contributed by atoms with Crippen molar-refractivity contribution in [1.82, 2.24) is 15.2 Å². The van der Waals surface area contributed by atoms with Gasteiger partial charge < -0.3 is 15.2 Å². The Bertz CT molecular complexity index is 1520. The summed E-state index contributed by atoms with van der Waals surface area (Å²) in [6, 6.07) is 23.1. The first-order valence-corrected chi connectivity index (χ1v) is 12.4. The summed E-state index contributed by atoms with van der Waals surface area (Å²) in [6.45, 7) is 4.09. The van der Waals surface area contributed by atoms with Gasteiger partial charge in [0, 0.05) is 47.2 Å². The zero-order valence-electron chi connectivity index (χ0n) is 19.9. The standard InChI is InChI=1S/C29H29N5O/c1-2-28(35)30-21-9-6-8-19(16-21)20-12-13-25-23(17-20)29(33-32-25)26-18-22-24(31-26)10-7-11-27(22)34-14-4-3-5-15-34/h6-13,16-18,31H,2-5,14-15H2,1H3,(H,30,35)(H,32,33). The molecule has 0 bridgehead atoms. The predicted octanol–water partition coefficient (Wildman–Crippen LogP) is 6.72. The van der Waals surface area contributed by atoms with E-state index in [9.17, 15) is 4.79 Å². The highest BCUT2D eigenvalue weighted by Crippen LogP contribution is 2.35. The fourth-order valence-electron chi connectivity index (χ4n) is 5.10. The first-order chi connectivity index (χ1) is 17.2. The van der Waals surface area contributed by atoms with Crippen LogP contribution in [0.15, 0.2) is 66.7 Å². The van der Waals surface area contributed by atoms with E-state index in [4.69, 9.17) is 0 Å². The number of anilines is 2. The molecule has 6 heteroatoms. The van der Waals surface area contributed by atoms with Crippen LogP contribution in [-0.2, 0) is 4.79 Å². The summed E-state index contributed by atoms with van der Waals surface area (Å²) in [5.74, 6) is 0.0115. The predicted molar refractivity (Wildman–Crippen MR) is 144 cm³/mol. The second-order valence-corrected chi connectivity index (χ2v) is 9.28. The van der Waals surface area contributed by atoms with E-state index in [2.05, 4.69) is 73.9 Å². The number of H-pyrrole nitrogens is 2. The topological polar surface area (TPSA) is 76.8 Å². The van der Waals surface area contributed by atoms with E-state index < -0.39 is 0 Å². The van der Waals surface area contributed by atoms with E-state index in [0.29, 0.717) is 6.42 Å². The molecule has 0 aliphatic carbocycles. The maximum absolute atomic E-state index is 11.8. The van der Waals surface area contributed by atoms with Gasteiger partial charge in [-0.25, -0.2) is 0 Å². The summed E-state index contributed by atoms with van der Waals surface area (Å²) in [7, 11) is 0. The molecule has 0 saturated carbocycles. The zero-order valence-corrected chi connectivity index (χ0v) is 19.9. The Kier molecular flexibility index (Phi) is 5.49. The van der Waals surface area contributed by atoms with E-state index in [1.54, 1.807) is 0 Å². The Morgan fingerprint density at radius 2 is 1.74 bits per heavy atom. The lowest BCUT2D eigenvalue weighted by Gasteiger charge is -2.29. The summed E-state index contributed by atoms with van der Waals surface area (Å²) < 4.78 is 0. The summed E-state index contributed by atoms with van der Waals surface area (Å²) in [5, 5.41) is 13.1. The summed E-state index contributed by atoms with van der Waals surface area (Å²) >= 11 is 0. The number of aromatic nitrogens is 3. The number of nitrogens with one attached hydrogen (secondary N) is 3. The van der Waals surface area contributed by atoms with Crippen molar-refractivity contribution in [2.45, 2.75) is 32.6 Å². The van der Waals surface area contributed by atoms with Crippen LogP contribution in [-0.4, -0.2) is 34.2 Å². The quantitative estimate of drug-likeness (QED) is 0.271. The second-order valence-electron chi connectivity index (χ2n) is 9.28. The molecule has 0 radical (unpaired) electrons. The fourth-order valence-corrected chi connectivity index (χ4v) is 5.10. The normalized spacial score (nSPS) is 14.0. The summed E-state index contributed by atoms with van der Waals surface area (Å²) in [6.07, 6.45) is 4.28. The van der Waals surface area contributed by atoms with Crippen molar-refractivity contribution in [2.75, 3.05) is 23.3 Å². The minimum Gasteiger partial charge on any atom is -0.371 e. The van der Waals surface area contributed by atoms with Gasteiger partial charge in [-0.15, -0.1) is 0 Å². The molecule has 1 amide bonds. The van der Waals surface area contributed by atoms with Crippen LogP contribution in [0, 0.1) is 0 Å². The van der Waals surface area contributed by atoms with Gasteiger partial charge in [-0.05, 0) is 72.9 Å². The van der Waals surface area contributed by atoms with Crippen molar-refractivity contribution in [2.24, 2.45) is 0 Å². The average molecular weight is 464 g/mol. The zero-order chi connectivity index (χ0) is 23.8. The maximum Gasteiger partial charge on any atom is 0.224 e. The Hall–Kier alpha value is -4.06. The number of rotatable bonds is 5. The minimum atomic E-state index is 0.0115. The smallest absolute Gasteiger partial charge is 0.224 e. The van der Waals surface area contributed by atoms with Crippen LogP contribution >= 0.6 is 0 Å². The number of fused-ring (bicyclic) bond motifs is 2. The number of carbonyl (C=O) groups excluding carboxylic acids is 1.